The van der Waals surface area contributed by atoms with Crippen LogP contribution in [-0.2, 0) is 0 Å². The zero-order chi connectivity index (χ0) is 16.6. The molecule has 0 bridgehead atoms. The number of nitrogens with zero attached hydrogens (tertiary/aromatic N) is 6. The first-order chi connectivity index (χ1) is 12.4. The highest BCUT2D eigenvalue weighted by molar-refractivity contribution is 5.47. The molecular weight excluding hydrogens is 312 g/mol. The van der Waals surface area contributed by atoms with Crippen molar-refractivity contribution in [3.8, 4) is 0 Å². The van der Waals surface area contributed by atoms with Crippen LogP contribution < -0.4 is 4.90 Å². The number of rotatable bonds is 3. The topological polar surface area (TPSA) is 49.6 Å². The Hall–Kier alpha value is -1.69. The van der Waals surface area contributed by atoms with Crippen molar-refractivity contribution in [2.45, 2.75) is 63.3 Å². The number of anilines is 1. The van der Waals surface area contributed by atoms with Crippen LogP contribution in [0.1, 0.15) is 63.1 Å². The molecule has 0 aromatic carbocycles. The summed E-state index contributed by atoms with van der Waals surface area (Å²) in [4.78, 5) is 5.06. The van der Waals surface area contributed by atoms with Crippen LogP contribution in [0.15, 0.2) is 12.1 Å². The summed E-state index contributed by atoms with van der Waals surface area (Å²) in [6, 6.07) is 4.98. The van der Waals surface area contributed by atoms with Gasteiger partial charge in [-0.05, 0) is 57.3 Å². The fourth-order valence-electron chi connectivity index (χ4n) is 4.73. The number of hydrogen-bond acceptors (Lipinski definition) is 5. The van der Waals surface area contributed by atoms with Gasteiger partial charge in [-0.2, -0.15) is 4.52 Å². The average molecular weight is 340 g/mol. The summed E-state index contributed by atoms with van der Waals surface area (Å²) in [5.41, 5.74) is 0.883. The molecular formula is C19H28N6. The van der Waals surface area contributed by atoms with Gasteiger partial charge in [0.15, 0.2) is 11.5 Å². The molecule has 0 radical (unpaired) electrons. The van der Waals surface area contributed by atoms with Crippen LogP contribution in [0.4, 0.5) is 5.82 Å². The molecule has 2 saturated heterocycles. The normalized spacial score (nSPS) is 23.9. The Morgan fingerprint density at radius 1 is 0.800 bits per heavy atom. The van der Waals surface area contributed by atoms with Gasteiger partial charge in [0.2, 0.25) is 0 Å². The highest BCUT2D eigenvalue weighted by atomic mass is 15.4. The minimum absolute atomic E-state index is 0.494. The van der Waals surface area contributed by atoms with Crippen molar-refractivity contribution in [1.82, 2.24) is 24.7 Å². The Labute approximate surface area is 149 Å². The molecule has 0 spiro atoms. The van der Waals surface area contributed by atoms with E-state index in [1.807, 2.05) is 4.52 Å². The van der Waals surface area contributed by atoms with Gasteiger partial charge in [0.05, 0.1) is 0 Å². The van der Waals surface area contributed by atoms with Crippen LogP contribution in [0, 0.1) is 0 Å². The van der Waals surface area contributed by atoms with Crippen LogP contribution in [0.3, 0.4) is 0 Å². The second kappa shape index (κ2) is 6.56. The van der Waals surface area contributed by atoms with Crippen molar-refractivity contribution in [2.24, 2.45) is 0 Å². The van der Waals surface area contributed by atoms with Gasteiger partial charge >= 0.3 is 0 Å². The highest BCUT2D eigenvalue weighted by Crippen LogP contribution is 2.31. The minimum Gasteiger partial charge on any atom is -0.355 e. The molecule has 6 heteroatoms. The largest absolute Gasteiger partial charge is 0.355 e. The zero-order valence-corrected chi connectivity index (χ0v) is 15.0. The second-order valence-corrected chi connectivity index (χ2v) is 7.96. The molecule has 0 amide bonds. The molecule has 6 nitrogen and oxygen atoms in total. The first kappa shape index (κ1) is 15.6. The number of fused-ring (bicyclic) bond motifs is 1. The van der Waals surface area contributed by atoms with E-state index >= 15 is 0 Å². The lowest BCUT2D eigenvalue weighted by molar-refractivity contribution is 0.120. The van der Waals surface area contributed by atoms with E-state index in [2.05, 4.69) is 32.1 Å². The SMILES string of the molecule is c1cc2nnc(C3CCN(C4CCCCC4)CC3)n2nc1N1CCC1. The van der Waals surface area contributed by atoms with Gasteiger partial charge in [0.1, 0.15) is 5.82 Å². The van der Waals surface area contributed by atoms with Crippen LogP contribution in [0.25, 0.3) is 5.65 Å². The van der Waals surface area contributed by atoms with E-state index in [4.69, 9.17) is 5.10 Å². The van der Waals surface area contributed by atoms with E-state index in [9.17, 15) is 0 Å². The summed E-state index contributed by atoms with van der Waals surface area (Å²) in [6.07, 6.45) is 10.7. The molecule has 4 heterocycles. The monoisotopic (exact) mass is 340 g/mol. The molecule has 1 aliphatic carbocycles. The maximum Gasteiger partial charge on any atom is 0.178 e. The Balaban J connectivity index is 1.31. The molecule has 25 heavy (non-hydrogen) atoms. The standard InChI is InChI=1S/C19H28N6/c1-2-5-16(6-3-1)23-13-9-15(10-14-23)19-21-20-17-7-8-18(22-25(17)19)24-11-4-12-24/h7-8,15-16H,1-6,9-14H2. The Morgan fingerprint density at radius 2 is 1.60 bits per heavy atom. The van der Waals surface area contributed by atoms with Gasteiger partial charge in [-0.15, -0.1) is 15.3 Å². The summed E-state index contributed by atoms with van der Waals surface area (Å²) in [7, 11) is 0. The molecule has 134 valence electrons. The second-order valence-electron chi connectivity index (χ2n) is 7.96. The summed E-state index contributed by atoms with van der Waals surface area (Å²) >= 11 is 0. The van der Waals surface area contributed by atoms with Gasteiger partial charge in [0.25, 0.3) is 0 Å². The summed E-state index contributed by atoms with van der Waals surface area (Å²) in [5.74, 6) is 2.63. The first-order valence-corrected chi connectivity index (χ1v) is 10.1. The van der Waals surface area contributed by atoms with Gasteiger partial charge in [-0.1, -0.05) is 19.3 Å². The molecule has 0 unspecified atom stereocenters. The molecule has 5 rings (SSSR count). The Kier molecular flexibility index (Phi) is 4.08. The van der Waals surface area contributed by atoms with E-state index < -0.39 is 0 Å². The van der Waals surface area contributed by atoms with Crippen LogP contribution in [-0.4, -0.2) is 56.9 Å². The summed E-state index contributed by atoms with van der Waals surface area (Å²) < 4.78 is 2.01. The van der Waals surface area contributed by atoms with Crippen molar-refractivity contribution in [1.29, 1.82) is 0 Å². The van der Waals surface area contributed by atoms with E-state index in [-0.39, 0.29) is 0 Å². The lowest BCUT2D eigenvalue weighted by Crippen LogP contribution is -2.42. The number of likely N-dealkylation sites (tertiary alicyclic amines) is 1. The number of piperidine rings is 1. The van der Waals surface area contributed by atoms with Crippen molar-refractivity contribution < 1.29 is 0 Å². The van der Waals surface area contributed by atoms with Crippen molar-refractivity contribution >= 4 is 11.5 Å². The molecule has 3 aliphatic rings. The average Bonchev–Trinajstić information content (AvgIpc) is 3.04. The van der Waals surface area contributed by atoms with Crippen LogP contribution in [0.2, 0.25) is 0 Å². The summed E-state index contributed by atoms with van der Waals surface area (Å²) in [5, 5.41) is 13.7. The van der Waals surface area contributed by atoms with E-state index in [1.165, 1.54) is 64.5 Å². The third-order valence-corrected chi connectivity index (χ3v) is 6.44. The van der Waals surface area contributed by atoms with Crippen molar-refractivity contribution in [3.63, 3.8) is 0 Å². The van der Waals surface area contributed by atoms with Gasteiger partial charge in [-0.25, -0.2) is 0 Å². The zero-order valence-electron chi connectivity index (χ0n) is 15.0. The Bertz CT molecular complexity index is 723. The van der Waals surface area contributed by atoms with Gasteiger partial charge in [0, 0.05) is 25.0 Å². The molecule has 0 atom stereocenters. The first-order valence-electron chi connectivity index (χ1n) is 10.1. The van der Waals surface area contributed by atoms with E-state index in [0.717, 1.165) is 36.4 Å². The predicted molar refractivity (Wildman–Crippen MR) is 98.0 cm³/mol. The van der Waals surface area contributed by atoms with Crippen LogP contribution >= 0.6 is 0 Å². The quantitative estimate of drug-likeness (QED) is 0.860. The molecule has 3 fully saturated rings. The molecule has 2 aliphatic heterocycles. The van der Waals surface area contributed by atoms with Gasteiger partial charge < -0.3 is 9.80 Å². The lowest BCUT2D eigenvalue weighted by atomic mass is 9.90. The number of hydrogen-bond donors (Lipinski definition) is 0. The maximum absolute atomic E-state index is 4.85. The van der Waals surface area contributed by atoms with Crippen molar-refractivity contribution in [3.05, 3.63) is 18.0 Å². The molecule has 2 aromatic rings. The van der Waals surface area contributed by atoms with Gasteiger partial charge in [-0.3, -0.25) is 0 Å². The predicted octanol–water partition coefficient (Wildman–Crippen LogP) is 2.85. The molecule has 2 aromatic heterocycles. The van der Waals surface area contributed by atoms with E-state index in [0.29, 0.717) is 5.92 Å². The molecule has 1 saturated carbocycles. The van der Waals surface area contributed by atoms with E-state index in [1.54, 1.807) is 0 Å². The fourth-order valence-corrected chi connectivity index (χ4v) is 4.73. The third kappa shape index (κ3) is 2.90. The van der Waals surface area contributed by atoms with Crippen LogP contribution in [0.5, 0.6) is 0 Å². The smallest absolute Gasteiger partial charge is 0.178 e. The fraction of sp³-hybridized carbons (Fsp3) is 0.737. The summed E-state index contributed by atoms with van der Waals surface area (Å²) in [6.45, 7) is 4.65. The minimum atomic E-state index is 0.494. The Morgan fingerprint density at radius 3 is 2.32 bits per heavy atom. The lowest BCUT2D eigenvalue weighted by Gasteiger charge is -2.38. The maximum atomic E-state index is 4.85. The third-order valence-electron chi connectivity index (χ3n) is 6.44. The molecule has 0 N–H and O–H groups in total. The van der Waals surface area contributed by atoms with Crippen molar-refractivity contribution in [2.75, 3.05) is 31.1 Å². The highest BCUT2D eigenvalue weighted by Gasteiger charge is 2.29. The number of aromatic nitrogens is 4.